The summed E-state index contributed by atoms with van der Waals surface area (Å²) in [5.41, 5.74) is 0.641. The topological polar surface area (TPSA) is 66.8 Å². The highest BCUT2D eigenvalue weighted by Crippen LogP contribution is 2.59. The van der Waals surface area contributed by atoms with Gasteiger partial charge >= 0.3 is 5.97 Å². The number of carboxylic acids is 1. The van der Waals surface area contributed by atoms with Crippen LogP contribution in [0.25, 0.3) is 0 Å². The van der Waals surface area contributed by atoms with Gasteiger partial charge in [0.15, 0.2) is 0 Å². The number of rotatable bonds is 4. The van der Waals surface area contributed by atoms with Crippen LogP contribution in [-0.4, -0.2) is 42.1 Å². The quantitative estimate of drug-likeness (QED) is 0.917. The molecule has 1 heterocycles. The first-order valence-electron chi connectivity index (χ1n) is 7.79. The molecule has 1 spiro atoms. The zero-order valence-corrected chi connectivity index (χ0v) is 13.8. The van der Waals surface area contributed by atoms with Crippen LogP contribution in [0.5, 0.6) is 5.75 Å². The Morgan fingerprint density at radius 3 is 2.65 bits per heavy atom. The fourth-order valence-electron chi connectivity index (χ4n) is 3.62. The fourth-order valence-corrected chi connectivity index (χ4v) is 3.85. The first-order valence-corrected chi connectivity index (χ1v) is 8.16. The lowest BCUT2D eigenvalue weighted by Crippen LogP contribution is -2.40. The molecule has 1 aliphatic carbocycles. The fraction of sp³-hybridized carbons (Fsp3) is 0.529. The van der Waals surface area contributed by atoms with Crippen LogP contribution >= 0.6 is 11.6 Å². The molecule has 1 saturated heterocycles. The van der Waals surface area contributed by atoms with E-state index in [9.17, 15) is 9.59 Å². The molecule has 2 fully saturated rings. The van der Waals surface area contributed by atoms with Crippen LogP contribution in [-0.2, 0) is 16.0 Å². The summed E-state index contributed by atoms with van der Waals surface area (Å²) in [6.45, 7) is 1.24. The van der Waals surface area contributed by atoms with Crippen molar-refractivity contribution in [2.45, 2.75) is 25.7 Å². The number of carboxylic acid groups (broad SMARTS) is 1. The second-order valence-electron chi connectivity index (χ2n) is 6.44. The minimum atomic E-state index is -0.703. The molecule has 5 nitrogen and oxygen atoms in total. The summed E-state index contributed by atoms with van der Waals surface area (Å²) in [5, 5.41) is 9.65. The third-order valence-electron chi connectivity index (χ3n) is 5.22. The summed E-state index contributed by atoms with van der Waals surface area (Å²) in [7, 11) is 1.56. The number of nitrogens with zero attached hydrogens (tertiary/aromatic N) is 1. The van der Waals surface area contributed by atoms with Crippen molar-refractivity contribution in [1.82, 2.24) is 4.90 Å². The van der Waals surface area contributed by atoms with E-state index in [1.54, 1.807) is 25.3 Å². The highest BCUT2D eigenvalue weighted by molar-refractivity contribution is 6.31. The Hall–Kier alpha value is -1.75. The van der Waals surface area contributed by atoms with Crippen molar-refractivity contribution in [2.75, 3.05) is 20.2 Å². The maximum absolute atomic E-state index is 12.5. The number of amides is 1. The zero-order chi connectivity index (χ0) is 16.6. The van der Waals surface area contributed by atoms with Gasteiger partial charge in [0, 0.05) is 23.7 Å². The van der Waals surface area contributed by atoms with Gasteiger partial charge in [0.25, 0.3) is 0 Å². The summed E-state index contributed by atoms with van der Waals surface area (Å²) < 4.78 is 5.28. The molecule has 1 N–H and O–H groups in total. The number of hydrogen-bond donors (Lipinski definition) is 1. The predicted octanol–water partition coefficient (Wildman–Crippen LogP) is 2.60. The number of carbonyl (C=O) groups is 2. The van der Waals surface area contributed by atoms with Gasteiger partial charge in [0.1, 0.15) is 5.75 Å². The lowest BCUT2D eigenvalue weighted by molar-refractivity contribution is -0.139. The molecule has 0 aromatic heterocycles. The van der Waals surface area contributed by atoms with E-state index in [0.717, 1.165) is 19.3 Å². The maximum atomic E-state index is 12.5. The average molecular weight is 338 g/mol. The molecular weight excluding hydrogens is 318 g/mol. The Labute approximate surface area is 140 Å². The molecule has 0 radical (unpaired) electrons. The van der Waals surface area contributed by atoms with E-state index in [1.165, 1.54) is 0 Å². The Morgan fingerprint density at radius 2 is 2.09 bits per heavy atom. The second-order valence-corrected chi connectivity index (χ2v) is 6.84. The minimum Gasteiger partial charge on any atom is -0.496 e. The molecule has 1 aromatic carbocycles. The number of carbonyl (C=O) groups excluding carboxylic acids is 1. The highest BCUT2D eigenvalue weighted by Gasteiger charge is 2.59. The van der Waals surface area contributed by atoms with E-state index in [4.69, 9.17) is 21.4 Å². The van der Waals surface area contributed by atoms with Crippen molar-refractivity contribution in [1.29, 1.82) is 0 Å². The van der Waals surface area contributed by atoms with E-state index >= 15 is 0 Å². The molecule has 0 bridgehead atoms. The summed E-state index contributed by atoms with van der Waals surface area (Å²) in [6, 6.07) is 5.33. The maximum Gasteiger partial charge on any atom is 0.307 e. The monoisotopic (exact) mass is 337 g/mol. The number of aliphatic carboxylic acids is 1. The van der Waals surface area contributed by atoms with Crippen molar-refractivity contribution < 1.29 is 19.4 Å². The van der Waals surface area contributed by atoms with E-state index in [-0.39, 0.29) is 23.7 Å². The molecule has 1 atom stereocenters. The Morgan fingerprint density at radius 1 is 1.39 bits per heavy atom. The molecule has 1 aliphatic heterocycles. The van der Waals surface area contributed by atoms with Crippen LogP contribution in [0.3, 0.4) is 0 Å². The van der Waals surface area contributed by atoms with Crippen LogP contribution in [0.4, 0.5) is 0 Å². The van der Waals surface area contributed by atoms with Crippen molar-refractivity contribution in [3.63, 3.8) is 0 Å². The summed E-state index contributed by atoms with van der Waals surface area (Å²) in [6.07, 6.45) is 2.51. The van der Waals surface area contributed by atoms with Gasteiger partial charge in [-0.05, 0) is 36.8 Å². The summed E-state index contributed by atoms with van der Waals surface area (Å²) in [5.74, 6) is -0.291. The van der Waals surface area contributed by atoms with Gasteiger partial charge in [-0.1, -0.05) is 17.7 Å². The Bertz CT molecular complexity index is 637. The molecule has 2 aliphatic rings. The SMILES string of the molecule is COc1cccc(Cl)c1CC(=O)N1CCC2(CC1)CC2C(=O)O. The lowest BCUT2D eigenvalue weighted by atomic mass is 9.90. The lowest BCUT2D eigenvalue weighted by Gasteiger charge is -2.33. The Kier molecular flexibility index (Phi) is 4.23. The van der Waals surface area contributed by atoms with Crippen LogP contribution < -0.4 is 4.74 Å². The number of halogens is 1. The van der Waals surface area contributed by atoms with E-state index in [2.05, 4.69) is 0 Å². The number of methoxy groups -OCH3 is 1. The average Bonchev–Trinajstić information content (AvgIpc) is 3.24. The summed E-state index contributed by atoms with van der Waals surface area (Å²) >= 11 is 6.18. The minimum absolute atomic E-state index is 0.0128. The molecule has 1 unspecified atom stereocenters. The van der Waals surface area contributed by atoms with Gasteiger partial charge in [-0.15, -0.1) is 0 Å². The van der Waals surface area contributed by atoms with E-state index in [0.29, 0.717) is 29.4 Å². The molecule has 124 valence electrons. The van der Waals surface area contributed by atoms with Gasteiger partial charge in [-0.3, -0.25) is 9.59 Å². The molecular formula is C17H20ClNO4. The number of likely N-dealkylation sites (tertiary alicyclic amines) is 1. The van der Waals surface area contributed by atoms with Gasteiger partial charge in [-0.2, -0.15) is 0 Å². The Balaban J connectivity index is 1.62. The molecule has 1 aromatic rings. The first-order chi connectivity index (χ1) is 11.0. The third kappa shape index (κ3) is 3.02. The standard InChI is InChI=1S/C17H20ClNO4/c1-23-14-4-2-3-13(18)11(14)9-15(20)19-7-5-17(6-8-19)10-12(17)16(21)22/h2-4,12H,5-10H2,1H3,(H,21,22). The number of benzene rings is 1. The van der Waals surface area contributed by atoms with Crippen LogP contribution in [0.2, 0.25) is 5.02 Å². The second kappa shape index (κ2) is 6.04. The zero-order valence-electron chi connectivity index (χ0n) is 13.0. The molecule has 6 heteroatoms. The predicted molar refractivity (Wildman–Crippen MR) is 85.7 cm³/mol. The normalized spacial score (nSPS) is 22.0. The van der Waals surface area contributed by atoms with Crippen LogP contribution in [0.1, 0.15) is 24.8 Å². The summed E-state index contributed by atoms with van der Waals surface area (Å²) in [4.78, 5) is 25.4. The number of piperidine rings is 1. The van der Waals surface area contributed by atoms with E-state index in [1.807, 2.05) is 4.90 Å². The van der Waals surface area contributed by atoms with Gasteiger partial charge in [0.05, 0.1) is 19.4 Å². The van der Waals surface area contributed by atoms with Gasteiger partial charge in [0.2, 0.25) is 5.91 Å². The molecule has 1 saturated carbocycles. The molecule has 1 amide bonds. The number of ether oxygens (including phenoxy) is 1. The number of hydrogen-bond acceptors (Lipinski definition) is 3. The first kappa shape index (κ1) is 16.1. The highest BCUT2D eigenvalue weighted by atomic mass is 35.5. The third-order valence-corrected chi connectivity index (χ3v) is 5.58. The largest absolute Gasteiger partial charge is 0.496 e. The van der Waals surface area contributed by atoms with Crippen molar-refractivity contribution in [3.05, 3.63) is 28.8 Å². The van der Waals surface area contributed by atoms with Crippen molar-refractivity contribution in [2.24, 2.45) is 11.3 Å². The van der Waals surface area contributed by atoms with Crippen molar-refractivity contribution in [3.8, 4) is 5.75 Å². The van der Waals surface area contributed by atoms with Gasteiger partial charge < -0.3 is 14.7 Å². The van der Waals surface area contributed by atoms with Crippen LogP contribution in [0, 0.1) is 11.3 Å². The van der Waals surface area contributed by atoms with Crippen LogP contribution in [0.15, 0.2) is 18.2 Å². The van der Waals surface area contributed by atoms with Gasteiger partial charge in [-0.25, -0.2) is 0 Å². The molecule has 3 rings (SSSR count). The molecule has 23 heavy (non-hydrogen) atoms. The van der Waals surface area contributed by atoms with E-state index < -0.39 is 5.97 Å². The van der Waals surface area contributed by atoms with Crippen molar-refractivity contribution >= 4 is 23.5 Å². The smallest absolute Gasteiger partial charge is 0.307 e.